The van der Waals surface area contributed by atoms with Gasteiger partial charge in [0.15, 0.2) is 5.54 Å². The van der Waals surface area contributed by atoms with E-state index in [-0.39, 0.29) is 5.69 Å². The number of rotatable bonds is 2. The molecule has 5 heteroatoms. The molecule has 0 saturated heterocycles. The maximum Gasteiger partial charge on any atom is 0.329 e. The van der Waals surface area contributed by atoms with Crippen molar-refractivity contribution in [3.63, 3.8) is 0 Å². The van der Waals surface area contributed by atoms with Gasteiger partial charge in [0, 0.05) is 6.20 Å². The summed E-state index contributed by atoms with van der Waals surface area (Å²) in [6, 6.07) is 4.80. The normalized spacial score (nSPS) is 14.1. The fourth-order valence-electron chi connectivity index (χ4n) is 0.877. The quantitative estimate of drug-likeness (QED) is 0.696. The van der Waals surface area contributed by atoms with Gasteiger partial charge in [0.2, 0.25) is 0 Å². The molecule has 0 bridgehead atoms. The third-order valence-electron chi connectivity index (χ3n) is 1.87. The first-order valence-corrected chi connectivity index (χ1v) is 3.87. The van der Waals surface area contributed by atoms with Gasteiger partial charge in [-0.3, -0.25) is 4.98 Å². The van der Waals surface area contributed by atoms with Crippen LogP contribution in [0.25, 0.3) is 0 Å². The van der Waals surface area contributed by atoms with Gasteiger partial charge in [0.1, 0.15) is 6.07 Å². The van der Waals surface area contributed by atoms with Gasteiger partial charge in [-0.05, 0) is 19.1 Å². The monoisotopic (exact) mass is 191 g/mol. The second-order valence-corrected chi connectivity index (χ2v) is 3.05. The molecule has 0 aliphatic heterocycles. The number of hydrogen-bond acceptors (Lipinski definition) is 4. The lowest BCUT2D eigenvalue weighted by atomic mass is 9.99. The minimum atomic E-state index is -1.52. The van der Waals surface area contributed by atoms with Gasteiger partial charge < -0.3 is 10.8 Å². The molecule has 1 aromatic rings. The van der Waals surface area contributed by atoms with Crippen molar-refractivity contribution in [2.75, 3.05) is 0 Å². The van der Waals surface area contributed by atoms with Crippen LogP contribution in [0.5, 0.6) is 0 Å². The van der Waals surface area contributed by atoms with Crippen LogP contribution in [0.3, 0.4) is 0 Å². The maximum absolute atomic E-state index is 10.7. The fraction of sp³-hybridized carbons (Fsp3) is 0.222. The van der Waals surface area contributed by atoms with Crippen molar-refractivity contribution in [2.45, 2.75) is 12.5 Å². The van der Waals surface area contributed by atoms with E-state index in [0.29, 0.717) is 5.56 Å². The van der Waals surface area contributed by atoms with Crippen molar-refractivity contribution in [1.29, 1.82) is 5.26 Å². The highest BCUT2D eigenvalue weighted by Crippen LogP contribution is 2.15. The van der Waals surface area contributed by atoms with Gasteiger partial charge in [0.25, 0.3) is 0 Å². The Bertz CT molecular complexity index is 390. The highest BCUT2D eigenvalue weighted by Gasteiger charge is 2.31. The van der Waals surface area contributed by atoms with Crippen LogP contribution < -0.4 is 5.73 Å². The Labute approximate surface area is 80.8 Å². The molecule has 0 radical (unpaired) electrons. The van der Waals surface area contributed by atoms with Gasteiger partial charge in [-0.1, -0.05) is 0 Å². The van der Waals surface area contributed by atoms with Crippen LogP contribution in [0.15, 0.2) is 18.3 Å². The molecule has 0 spiro atoms. The third-order valence-corrected chi connectivity index (χ3v) is 1.87. The zero-order valence-electron chi connectivity index (χ0n) is 7.56. The maximum atomic E-state index is 10.7. The Morgan fingerprint density at radius 3 is 2.71 bits per heavy atom. The predicted molar refractivity (Wildman–Crippen MR) is 48.1 cm³/mol. The highest BCUT2D eigenvalue weighted by atomic mass is 16.4. The number of carboxylic acid groups (broad SMARTS) is 1. The second-order valence-electron chi connectivity index (χ2n) is 3.05. The number of nitrogens with zero attached hydrogens (tertiary/aromatic N) is 2. The van der Waals surface area contributed by atoms with Crippen molar-refractivity contribution in [3.05, 3.63) is 29.6 Å². The minimum Gasteiger partial charge on any atom is -0.480 e. The van der Waals surface area contributed by atoms with E-state index in [9.17, 15) is 4.79 Å². The highest BCUT2D eigenvalue weighted by molar-refractivity contribution is 5.79. The first-order valence-electron chi connectivity index (χ1n) is 3.87. The predicted octanol–water partition coefficient (Wildman–Crippen LogP) is 0.212. The molecule has 0 aliphatic rings. The molecule has 72 valence electrons. The molecule has 14 heavy (non-hydrogen) atoms. The van der Waals surface area contributed by atoms with Crippen molar-refractivity contribution < 1.29 is 9.90 Å². The van der Waals surface area contributed by atoms with E-state index in [1.165, 1.54) is 25.3 Å². The van der Waals surface area contributed by atoms with Gasteiger partial charge in [0.05, 0.1) is 11.3 Å². The molecule has 0 aliphatic carbocycles. The van der Waals surface area contributed by atoms with Gasteiger partial charge in [-0.15, -0.1) is 0 Å². The molecular formula is C9H9N3O2. The first-order chi connectivity index (χ1) is 6.48. The zero-order chi connectivity index (χ0) is 10.8. The summed E-state index contributed by atoms with van der Waals surface area (Å²) in [4.78, 5) is 14.6. The molecule has 0 fully saturated rings. The SMILES string of the molecule is C[C@@](N)(C(=O)O)c1ccc(C#N)cn1. The number of hydrogen-bond donors (Lipinski definition) is 2. The Morgan fingerprint density at radius 1 is 1.71 bits per heavy atom. The van der Waals surface area contributed by atoms with Crippen molar-refractivity contribution in [2.24, 2.45) is 5.73 Å². The molecule has 0 unspecified atom stereocenters. The smallest absolute Gasteiger partial charge is 0.329 e. The molecule has 1 aromatic heterocycles. The summed E-state index contributed by atoms with van der Waals surface area (Å²) < 4.78 is 0. The molecular weight excluding hydrogens is 182 g/mol. The second kappa shape index (κ2) is 3.44. The molecule has 1 rings (SSSR count). The van der Waals surface area contributed by atoms with Crippen molar-refractivity contribution in [3.8, 4) is 6.07 Å². The summed E-state index contributed by atoms with van der Waals surface area (Å²) in [6.07, 6.45) is 1.30. The summed E-state index contributed by atoms with van der Waals surface area (Å²) in [7, 11) is 0. The number of aromatic nitrogens is 1. The molecule has 0 saturated carbocycles. The molecule has 5 nitrogen and oxygen atoms in total. The Kier molecular flexibility index (Phi) is 2.49. The summed E-state index contributed by atoms with van der Waals surface area (Å²) in [5.41, 5.74) is 4.60. The van der Waals surface area contributed by atoms with Gasteiger partial charge in [-0.25, -0.2) is 4.79 Å². The fourth-order valence-corrected chi connectivity index (χ4v) is 0.877. The van der Waals surface area contributed by atoms with E-state index in [0.717, 1.165) is 0 Å². The molecule has 1 atom stereocenters. The average Bonchev–Trinajstić information content (AvgIpc) is 2.17. The van der Waals surface area contributed by atoms with Crippen LogP contribution in [0.4, 0.5) is 0 Å². The lowest BCUT2D eigenvalue weighted by Crippen LogP contribution is -2.42. The summed E-state index contributed by atoms with van der Waals surface area (Å²) >= 11 is 0. The van der Waals surface area contributed by atoms with Crippen molar-refractivity contribution >= 4 is 5.97 Å². The minimum absolute atomic E-state index is 0.226. The summed E-state index contributed by atoms with van der Waals surface area (Å²) in [5, 5.41) is 17.3. The van der Waals surface area contributed by atoms with Crippen molar-refractivity contribution in [1.82, 2.24) is 4.98 Å². The van der Waals surface area contributed by atoms with E-state index >= 15 is 0 Å². The topological polar surface area (TPSA) is 100 Å². The first kappa shape index (κ1) is 10.2. The van der Waals surface area contributed by atoms with Crippen LogP contribution in [0.2, 0.25) is 0 Å². The number of aliphatic carboxylic acids is 1. The zero-order valence-corrected chi connectivity index (χ0v) is 7.56. The van der Waals surface area contributed by atoms with Crippen LogP contribution in [0.1, 0.15) is 18.2 Å². The van der Waals surface area contributed by atoms with E-state index in [4.69, 9.17) is 16.1 Å². The van der Waals surface area contributed by atoms with Gasteiger partial charge in [-0.2, -0.15) is 5.26 Å². The van der Waals surface area contributed by atoms with E-state index in [1.54, 1.807) is 0 Å². The molecule has 3 N–H and O–H groups in total. The third kappa shape index (κ3) is 1.70. The molecule has 0 amide bonds. The lowest BCUT2D eigenvalue weighted by Gasteiger charge is -2.17. The number of pyridine rings is 1. The van der Waals surface area contributed by atoms with Crippen LogP contribution in [-0.2, 0) is 10.3 Å². The number of nitrogens with two attached hydrogens (primary N) is 1. The van der Waals surface area contributed by atoms with Crippen LogP contribution in [-0.4, -0.2) is 16.1 Å². The van der Waals surface area contributed by atoms with E-state index < -0.39 is 11.5 Å². The summed E-state index contributed by atoms with van der Waals surface area (Å²) in [5.74, 6) is -1.16. The van der Waals surface area contributed by atoms with Crippen LogP contribution >= 0.6 is 0 Å². The Morgan fingerprint density at radius 2 is 2.36 bits per heavy atom. The largest absolute Gasteiger partial charge is 0.480 e. The number of carbonyl (C=O) groups is 1. The Balaban J connectivity index is 3.10. The number of carboxylic acids is 1. The number of nitriles is 1. The van der Waals surface area contributed by atoms with Crippen LogP contribution in [0, 0.1) is 11.3 Å². The van der Waals surface area contributed by atoms with Gasteiger partial charge >= 0.3 is 5.97 Å². The average molecular weight is 191 g/mol. The Hall–Kier alpha value is -1.93. The lowest BCUT2D eigenvalue weighted by molar-refractivity contribution is -0.143. The summed E-state index contributed by atoms with van der Waals surface area (Å²) in [6.45, 7) is 1.35. The van der Waals surface area contributed by atoms with E-state index in [2.05, 4.69) is 4.98 Å². The van der Waals surface area contributed by atoms with E-state index in [1.807, 2.05) is 6.07 Å². The molecule has 1 heterocycles. The standard InChI is InChI=1S/C9H9N3O2/c1-9(11,8(13)14)7-3-2-6(4-10)5-12-7/h2-3,5H,11H2,1H3,(H,13,14)/t9-/m0/s1. The molecule has 0 aromatic carbocycles.